The summed E-state index contributed by atoms with van der Waals surface area (Å²) in [7, 11) is 0. The number of hydrogen-bond donors (Lipinski definition) is 2. The number of nitrogens with zero attached hydrogens (tertiary/aromatic N) is 1. The smallest absolute Gasteiger partial charge is 0.325 e. The van der Waals surface area contributed by atoms with E-state index in [2.05, 4.69) is 10.6 Å². The Morgan fingerprint density at radius 1 is 1.03 bits per heavy atom. The van der Waals surface area contributed by atoms with E-state index in [-0.39, 0.29) is 12.4 Å². The van der Waals surface area contributed by atoms with Crippen molar-refractivity contribution in [2.45, 2.75) is 38.3 Å². The lowest BCUT2D eigenvalue weighted by molar-refractivity contribution is -0.135. The van der Waals surface area contributed by atoms with Crippen molar-refractivity contribution in [1.82, 2.24) is 15.5 Å². The topological polar surface area (TPSA) is 78.5 Å². The summed E-state index contributed by atoms with van der Waals surface area (Å²) in [5, 5.41) is 5.34. The van der Waals surface area contributed by atoms with Gasteiger partial charge in [0.25, 0.3) is 5.91 Å². The monoisotopic (exact) mass is 415 g/mol. The standard InChI is InChI=1S/C22H23F2N3O3/c1-2-3-12-22(16-6-10-18(24)11-7-16)20(29)27(21(30)26-22)14-19(28)25-13-15-4-8-17(23)9-5-15/h4-11H,2-3,12-14H2,1H3,(H,25,28)(H,26,30)/t22-/m0/s1. The van der Waals surface area contributed by atoms with Crippen LogP contribution in [0.5, 0.6) is 0 Å². The van der Waals surface area contributed by atoms with Gasteiger partial charge in [-0.3, -0.25) is 14.5 Å². The van der Waals surface area contributed by atoms with E-state index in [0.717, 1.165) is 11.3 Å². The zero-order valence-electron chi connectivity index (χ0n) is 16.6. The van der Waals surface area contributed by atoms with Crippen LogP contribution in [0.25, 0.3) is 0 Å². The predicted octanol–water partition coefficient (Wildman–Crippen LogP) is 3.22. The molecule has 0 spiro atoms. The summed E-state index contributed by atoms with van der Waals surface area (Å²) in [5.41, 5.74) is -0.159. The maximum Gasteiger partial charge on any atom is 0.325 e. The minimum absolute atomic E-state index is 0.141. The van der Waals surface area contributed by atoms with Crippen LogP contribution in [-0.2, 0) is 21.7 Å². The van der Waals surface area contributed by atoms with Crippen molar-refractivity contribution in [2.24, 2.45) is 0 Å². The highest BCUT2D eigenvalue weighted by Gasteiger charge is 2.52. The second kappa shape index (κ2) is 9.02. The van der Waals surface area contributed by atoms with Gasteiger partial charge in [0.2, 0.25) is 5.91 Å². The van der Waals surface area contributed by atoms with Crippen molar-refractivity contribution in [3.8, 4) is 0 Å². The Morgan fingerprint density at radius 3 is 2.23 bits per heavy atom. The molecule has 2 aromatic carbocycles. The van der Waals surface area contributed by atoms with Gasteiger partial charge in [-0.25, -0.2) is 13.6 Å². The van der Waals surface area contributed by atoms with Crippen molar-refractivity contribution in [2.75, 3.05) is 6.54 Å². The molecule has 1 aliphatic heterocycles. The molecule has 0 aromatic heterocycles. The first kappa shape index (κ1) is 21.4. The molecule has 3 rings (SSSR count). The Bertz CT molecular complexity index is 932. The Hall–Kier alpha value is -3.29. The van der Waals surface area contributed by atoms with Crippen LogP contribution < -0.4 is 10.6 Å². The molecule has 0 bridgehead atoms. The Kier molecular flexibility index (Phi) is 6.44. The molecule has 30 heavy (non-hydrogen) atoms. The van der Waals surface area contributed by atoms with Gasteiger partial charge in [-0.05, 0) is 41.8 Å². The molecule has 2 N–H and O–H groups in total. The first-order valence-corrected chi connectivity index (χ1v) is 9.77. The van der Waals surface area contributed by atoms with Gasteiger partial charge < -0.3 is 10.6 Å². The number of carbonyl (C=O) groups excluding carboxylic acids is 3. The molecule has 8 heteroatoms. The molecule has 2 aromatic rings. The lowest BCUT2D eigenvalue weighted by Gasteiger charge is -2.27. The number of nitrogens with one attached hydrogen (secondary N) is 2. The Balaban J connectivity index is 1.73. The van der Waals surface area contributed by atoms with Crippen molar-refractivity contribution < 1.29 is 23.2 Å². The number of hydrogen-bond acceptors (Lipinski definition) is 3. The van der Waals surface area contributed by atoms with E-state index < -0.39 is 35.7 Å². The lowest BCUT2D eigenvalue weighted by Crippen LogP contribution is -2.45. The van der Waals surface area contributed by atoms with E-state index in [0.29, 0.717) is 24.0 Å². The molecule has 0 unspecified atom stereocenters. The number of halogens is 2. The molecular formula is C22H23F2N3O3. The Labute approximate surface area is 173 Å². The highest BCUT2D eigenvalue weighted by Crippen LogP contribution is 2.34. The molecule has 1 heterocycles. The van der Waals surface area contributed by atoms with Gasteiger partial charge in [-0.2, -0.15) is 0 Å². The summed E-state index contributed by atoms with van der Waals surface area (Å²) in [5.74, 6) is -1.88. The van der Waals surface area contributed by atoms with Gasteiger partial charge in [0.1, 0.15) is 23.7 Å². The quantitative estimate of drug-likeness (QED) is 0.650. The van der Waals surface area contributed by atoms with Crippen LogP contribution in [0, 0.1) is 11.6 Å². The minimum Gasteiger partial charge on any atom is -0.350 e. The zero-order valence-corrected chi connectivity index (χ0v) is 16.6. The van der Waals surface area contributed by atoms with Crippen LogP contribution in [-0.4, -0.2) is 29.3 Å². The average Bonchev–Trinajstić information content (AvgIpc) is 2.97. The fraction of sp³-hybridized carbons (Fsp3) is 0.318. The van der Waals surface area contributed by atoms with Gasteiger partial charge in [0.05, 0.1) is 0 Å². The summed E-state index contributed by atoms with van der Waals surface area (Å²) in [6.07, 6.45) is 1.80. The number of benzene rings is 2. The number of rotatable bonds is 8. The fourth-order valence-electron chi connectivity index (χ4n) is 3.46. The number of amides is 4. The summed E-state index contributed by atoms with van der Waals surface area (Å²) in [6.45, 7) is 1.66. The SMILES string of the molecule is CCCC[C@@]1(c2ccc(F)cc2)NC(=O)N(CC(=O)NCc2ccc(F)cc2)C1=O. The molecule has 0 aliphatic carbocycles. The van der Waals surface area contributed by atoms with Crippen LogP contribution in [0.3, 0.4) is 0 Å². The molecular weight excluding hydrogens is 392 g/mol. The maximum absolute atomic E-state index is 13.4. The van der Waals surface area contributed by atoms with Crippen LogP contribution in [0.4, 0.5) is 13.6 Å². The van der Waals surface area contributed by atoms with Crippen molar-refractivity contribution in [3.63, 3.8) is 0 Å². The largest absolute Gasteiger partial charge is 0.350 e. The number of unbranched alkanes of at least 4 members (excludes halogenated alkanes) is 1. The van der Waals surface area contributed by atoms with Crippen LogP contribution in [0.15, 0.2) is 48.5 Å². The van der Waals surface area contributed by atoms with Crippen molar-refractivity contribution in [3.05, 3.63) is 71.3 Å². The third-order valence-electron chi connectivity index (χ3n) is 5.12. The second-order valence-electron chi connectivity index (χ2n) is 7.24. The van der Waals surface area contributed by atoms with E-state index in [9.17, 15) is 23.2 Å². The molecule has 1 atom stereocenters. The van der Waals surface area contributed by atoms with E-state index in [4.69, 9.17) is 0 Å². The van der Waals surface area contributed by atoms with E-state index >= 15 is 0 Å². The predicted molar refractivity (Wildman–Crippen MR) is 106 cm³/mol. The highest BCUT2D eigenvalue weighted by atomic mass is 19.1. The van der Waals surface area contributed by atoms with Crippen LogP contribution in [0.2, 0.25) is 0 Å². The molecule has 0 saturated carbocycles. The van der Waals surface area contributed by atoms with E-state index in [1.165, 1.54) is 48.5 Å². The normalized spacial score (nSPS) is 18.4. The first-order chi connectivity index (χ1) is 14.4. The van der Waals surface area contributed by atoms with E-state index in [1.807, 2.05) is 6.92 Å². The lowest BCUT2D eigenvalue weighted by atomic mass is 9.85. The van der Waals surface area contributed by atoms with Gasteiger partial charge in [-0.1, -0.05) is 44.0 Å². The summed E-state index contributed by atoms with van der Waals surface area (Å²) < 4.78 is 26.3. The molecule has 1 saturated heterocycles. The van der Waals surface area contributed by atoms with Crippen LogP contribution >= 0.6 is 0 Å². The summed E-state index contributed by atoms with van der Waals surface area (Å²) in [6, 6.07) is 10.4. The number of urea groups is 1. The third-order valence-corrected chi connectivity index (χ3v) is 5.12. The first-order valence-electron chi connectivity index (χ1n) is 9.77. The second-order valence-corrected chi connectivity index (χ2v) is 7.24. The number of carbonyl (C=O) groups is 3. The average molecular weight is 415 g/mol. The van der Waals surface area contributed by atoms with Gasteiger partial charge in [0, 0.05) is 6.54 Å². The molecule has 1 fully saturated rings. The van der Waals surface area contributed by atoms with Gasteiger partial charge >= 0.3 is 6.03 Å². The van der Waals surface area contributed by atoms with Crippen LogP contribution in [0.1, 0.15) is 37.3 Å². The molecule has 4 amide bonds. The van der Waals surface area contributed by atoms with Crippen molar-refractivity contribution in [1.29, 1.82) is 0 Å². The highest BCUT2D eigenvalue weighted by molar-refractivity contribution is 6.09. The van der Waals surface area contributed by atoms with E-state index in [1.54, 1.807) is 0 Å². The number of imide groups is 1. The third kappa shape index (κ3) is 4.48. The molecule has 0 radical (unpaired) electrons. The van der Waals surface area contributed by atoms with Gasteiger partial charge in [0.15, 0.2) is 0 Å². The Morgan fingerprint density at radius 2 is 1.63 bits per heavy atom. The summed E-state index contributed by atoms with van der Waals surface area (Å²) >= 11 is 0. The summed E-state index contributed by atoms with van der Waals surface area (Å²) in [4.78, 5) is 39.0. The fourth-order valence-corrected chi connectivity index (χ4v) is 3.46. The zero-order chi connectivity index (χ0) is 21.7. The van der Waals surface area contributed by atoms with Gasteiger partial charge in [-0.15, -0.1) is 0 Å². The minimum atomic E-state index is -1.32. The molecule has 158 valence electrons. The van der Waals surface area contributed by atoms with Crippen molar-refractivity contribution >= 4 is 17.8 Å². The molecule has 6 nitrogen and oxygen atoms in total. The maximum atomic E-state index is 13.4. The molecule has 1 aliphatic rings.